The van der Waals surface area contributed by atoms with Crippen LogP contribution in [0.25, 0.3) is 10.9 Å². The summed E-state index contributed by atoms with van der Waals surface area (Å²) in [7, 11) is 0. The van der Waals surface area contributed by atoms with Gasteiger partial charge in [0.15, 0.2) is 5.16 Å². The summed E-state index contributed by atoms with van der Waals surface area (Å²) in [6.45, 7) is 5.56. The summed E-state index contributed by atoms with van der Waals surface area (Å²) < 4.78 is 1.58. The van der Waals surface area contributed by atoms with Gasteiger partial charge >= 0.3 is 0 Å². The Labute approximate surface area is 172 Å². The van der Waals surface area contributed by atoms with Crippen molar-refractivity contribution in [2.24, 2.45) is 0 Å². The van der Waals surface area contributed by atoms with Crippen LogP contribution in [0.2, 0.25) is 0 Å². The van der Waals surface area contributed by atoms with Crippen molar-refractivity contribution in [2.45, 2.75) is 37.7 Å². The molecule has 2 amide bonds. The molecule has 0 fully saturated rings. The van der Waals surface area contributed by atoms with Crippen molar-refractivity contribution in [1.82, 2.24) is 9.55 Å². The Morgan fingerprint density at radius 1 is 1.07 bits per heavy atom. The molecule has 3 aromatic rings. The number of fused-ring (bicyclic) bond motifs is 1. The molecular weight excluding hydrogens is 388 g/mol. The van der Waals surface area contributed by atoms with E-state index in [-0.39, 0.29) is 17.4 Å². The highest BCUT2D eigenvalue weighted by Crippen LogP contribution is 2.24. The maximum Gasteiger partial charge on any atom is 0.262 e. The maximum absolute atomic E-state index is 12.7. The second-order valence-corrected chi connectivity index (χ2v) is 7.78. The molecule has 3 rings (SSSR count). The SMILES string of the molecule is CCn1c(S[C@@H](C)C(=O)Nc2ccc(NC(C)=O)cc2)nc2ccccc2c1=O. The molecule has 150 valence electrons. The zero-order chi connectivity index (χ0) is 21.0. The van der Waals surface area contributed by atoms with Crippen LogP contribution in [0.4, 0.5) is 11.4 Å². The lowest BCUT2D eigenvalue weighted by molar-refractivity contribution is -0.115. The number of rotatable bonds is 6. The van der Waals surface area contributed by atoms with Crippen LogP contribution in [0.3, 0.4) is 0 Å². The Hall–Kier alpha value is -3.13. The Morgan fingerprint density at radius 2 is 1.69 bits per heavy atom. The number of hydrogen-bond donors (Lipinski definition) is 2. The fourth-order valence-electron chi connectivity index (χ4n) is 2.81. The van der Waals surface area contributed by atoms with E-state index < -0.39 is 5.25 Å². The monoisotopic (exact) mass is 410 g/mol. The lowest BCUT2D eigenvalue weighted by atomic mass is 10.2. The minimum absolute atomic E-state index is 0.109. The number of hydrogen-bond acceptors (Lipinski definition) is 5. The van der Waals surface area contributed by atoms with Crippen molar-refractivity contribution in [3.8, 4) is 0 Å². The lowest BCUT2D eigenvalue weighted by Gasteiger charge is -2.15. The summed E-state index contributed by atoms with van der Waals surface area (Å²) in [5, 5.41) is 6.14. The number of thioether (sulfide) groups is 1. The molecule has 1 aromatic heterocycles. The molecule has 0 aliphatic rings. The van der Waals surface area contributed by atoms with Gasteiger partial charge in [-0.25, -0.2) is 4.98 Å². The largest absolute Gasteiger partial charge is 0.326 e. The highest BCUT2D eigenvalue weighted by molar-refractivity contribution is 8.00. The van der Waals surface area contributed by atoms with Crippen LogP contribution in [0.1, 0.15) is 20.8 Å². The quantitative estimate of drug-likeness (QED) is 0.479. The van der Waals surface area contributed by atoms with E-state index in [1.54, 1.807) is 47.9 Å². The molecule has 2 aromatic carbocycles. The minimum Gasteiger partial charge on any atom is -0.326 e. The summed E-state index contributed by atoms with van der Waals surface area (Å²) >= 11 is 1.25. The summed E-state index contributed by atoms with van der Waals surface area (Å²) in [6, 6.07) is 14.1. The summed E-state index contributed by atoms with van der Waals surface area (Å²) in [4.78, 5) is 41.0. The van der Waals surface area contributed by atoms with E-state index in [1.807, 2.05) is 19.1 Å². The molecule has 0 aliphatic carbocycles. The van der Waals surface area contributed by atoms with E-state index in [2.05, 4.69) is 15.6 Å². The van der Waals surface area contributed by atoms with Crippen LogP contribution in [0.5, 0.6) is 0 Å². The van der Waals surface area contributed by atoms with Gasteiger partial charge in [-0.2, -0.15) is 0 Å². The Bertz CT molecular complexity index is 1110. The summed E-state index contributed by atoms with van der Waals surface area (Å²) in [5.41, 5.74) is 1.79. The average molecular weight is 410 g/mol. The van der Waals surface area contributed by atoms with Gasteiger partial charge in [0.1, 0.15) is 0 Å². The van der Waals surface area contributed by atoms with Gasteiger partial charge in [-0.15, -0.1) is 0 Å². The molecule has 29 heavy (non-hydrogen) atoms. The van der Waals surface area contributed by atoms with E-state index in [0.29, 0.717) is 34.0 Å². The molecule has 0 unspecified atom stereocenters. The van der Waals surface area contributed by atoms with Crippen LogP contribution < -0.4 is 16.2 Å². The second kappa shape index (κ2) is 8.91. The number of para-hydroxylation sites is 1. The molecule has 0 saturated carbocycles. The Kier molecular flexibility index (Phi) is 6.33. The number of nitrogens with zero attached hydrogens (tertiary/aromatic N) is 2. The first-order valence-electron chi connectivity index (χ1n) is 9.23. The van der Waals surface area contributed by atoms with Crippen molar-refractivity contribution < 1.29 is 9.59 Å². The van der Waals surface area contributed by atoms with Crippen LogP contribution in [0.15, 0.2) is 58.5 Å². The van der Waals surface area contributed by atoms with Crippen LogP contribution >= 0.6 is 11.8 Å². The molecule has 0 spiro atoms. The highest BCUT2D eigenvalue weighted by atomic mass is 32.2. The van der Waals surface area contributed by atoms with Crippen molar-refractivity contribution in [1.29, 1.82) is 0 Å². The summed E-state index contributed by atoms with van der Waals surface area (Å²) in [6.07, 6.45) is 0. The number of anilines is 2. The third kappa shape index (κ3) is 4.83. The lowest BCUT2D eigenvalue weighted by Crippen LogP contribution is -2.26. The number of benzene rings is 2. The highest BCUT2D eigenvalue weighted by Gasteiger charge is 2.19. The molecule has 2 N–H and O–H groups in total. The van der Waals surface area contributed by atoms with Crippen molar-refractivity contribution in [3.05, 3.63) is 58.9 Å². The van der Waals surface area contributed by atoms with Gasteiger partial charge in [0, 0.05) is 24.8 Å². The third-order valence-corrected chi connectivity index (χ3v) is 5.36. The number of aromatic nitrogens is 2. The smallest absolute Gasteiger partial charge is 0.262 e. The fourth-order valence-corrected chi connectivity index (χ4v) is 3.78. The molecular formula is C21H22N4O3S. The zero-order valence-corrected chi connectivity index (χ0v) is 17.2. The van der Waals surface area contributed by atoms with Gasteiger partial charge in [-0.3, -0.25) is 19.0 Å². The molecule has 7 nitrogen and oxygen atoms in total. The van der Waals surface area contributed by atoms with Gasteiger partial charge in [0.05, 0.1) is 16.2 Å². The molecule has 1 atom stereocenters. The number of nitrogens with one attached hydrogen (secondary N) is 2. The zero-order valence-electron chi connectivity index (χ0n) is 16.4. The first-order valence-corrected chi connectivity index (χ1v) is 10.1. The number of carbonyl (C=O) groups excluding carboxylic acids is 2. The molecule has 0 radical (unpaired) electrons. The van der Waals surface area contributed by atoms with E-state index in [9.17, 15) is 14.4 Å². The van der Waals surface area contributed by atoms with Gasteiger partial charge < -0.3 is 10.6 Å². The number of amides is 2. The molecule has 8 heteroatoms. The Balaban J connectivity index is 1.76. The van der Waals surface area contributed by atoms with E-state index in [4.69, 9.17) is 0 Å². The van der Waals surface area contributed by atoms with Crippen molar-refractivity contribution in [2.75, 3.05) is 10.6 Å². The molecule has 0 bridgehead atoms. The second-order valence-electron chi connectivity index (χ2n) is 6.47. The first kappa shape index (κ1) is 20.6. The molecule has 0 saturated heterocycles. The van der Waals surface area contributed by atoms with E-state index >= 15 is 0 Å². The van der Waals surface area contributed by atoms with Crippen LogP contribution in [0, 0.1) is 0 Å². The number of carbonyl (C=O) groups is 2. The molecule has 0 aliphatic heterocycles. The normalized spacial score (nSPS) is 11.8. The minimum atomic E-state index is -0.462. The Morgan fingerprint density at radius 3 is 2.31 bits per heavy atom. The van der Waals surface area contributed by atoms with Gasteiger partial charge in [0.25, 0.3) is 5.56 Å². The van der Waals surface area contributed by atoms with Crippen LogP contribution in [-0.2, 0) is 16.1 Å². The van der Waals surface area contributed by atoms with Crippen molar-refractivity contribution in [3.63, 3.8) is 0 Å². The topological polar surface area (TPSA) is 93.1 Å². The predicted molar refractivity (Wildman–Crippen MR) is 116 cm³/mol. The predicted octanol–water partition coefficient (Wildman–Crippen LogP) is 3.49. The molecule has 1 heterocycles. The third-order valence-electron chi connectivity index (χ3n) is 4.27. The first-order chi connectivity index (χ1) is 13.9. The van der Waals surface area contributed by atoms with Gasteiger partial charge in [0.2, 0.25) is 11.8 Å². The van der Waals surface area contributed by atoms with Crippen molar-refractivity contribution >= 4 is 45.9 Å². The van der Waals surface area contributed by atoms with E-state index in [1.165, 1.54) is 18.7 Å². The van der Waals surface area contributed by atoms with E-state index in [0.717, 1.165) is 0 Å². The standard InChI is InChI=1S/C21H22N4O3S/c1-4-25-20(28)17-7-5-6-8-18(17)24-21(25)29-13(2)19(27)23-16-11-9-15(10-12-16)22-14(3)26/h5-13H,4H2,1-3H3,(H,22,26)(H,23,27)/t13-/m0/s1. The van der Waals surface area contributed by atoms with Crippen LogP contribution in [-0.4, -0.2) is 26.6 Å². The maximum atomic E-state index is 12.7. The average Bonchev–Trinajstić information content (AvgIpc) is 2.69. The van der Waals surface area contributed by atoms with Gasteiger partial charge in [-0.1, -0.05) is 23.9 Å². The van der Waals surface area contributed by atoms with Gasteiger partial charge in [-0.05, 0) is 50.2 Å². The fraction of sp³-hybridized carbons (Fsp3) is 0.238. The summed E-state index contributed by atoms with van der Waals surface area (Å²) in [5.74, 6) is -0.357.